The summed E-state index contributed by atoms with van der Waals surface area (Å²) in [5.74, 6) is 6.43. The molecule has 40 heavy (non-hydrogen) atoms. The van der Waals surface area contributed by atoms with Gasteiger partial charge in [-0.3, -0.25) is 9.80 Å². The van der Waals surface area contributed by atoms with E-state index in [1.807, 2.05) is 31.2 Å². The number of rotatable bonds is 8. The standard InChI is InChI=1S/C29H37FN6O3S/c1-20(18-31)34-29(37)26-6-4-3-5-23(26)17-27(21(2)36(32)28-12-9-24(30)19-33-28)22-7-10-25(11-8-22)35-13-15-40(38,39)16-14-35/h7-12,19-20,23,26H,3-6,13-17,32H2,1-2H3,(H,34,37). The number of nitrogens with one attached hydrogen (secondary N) is 1. The maximum Gasteiger partial charge on any atom is 0.224 e. The van der Waals surface area contributed by atoms with E-state index < -0.39 is 21.7 Å². The molecule has 0 radical (unpaired) electrons. The van der Waals surface area contributed by atoms with Gasteiger partial charge in [0.05, 0.1) is 23.8 Å². The molecular weight excluding hydrogens is 531 g/mol. The van der Waals surface area contributed by atoms with Crippen LogP contribution in [0.25, 0.3) is 5.57 Å². The summed E-state index contributed by atoms with van der Waals surface area (Å²) < 4.78 is 37.3. The minimum Gasteiger partial charge on any atom is -0.369 e. The first-order valence-electron chi connectivity index (χ1n) is 13.7. The van der Waals surface area contributed by atoms with E-state index in [-0.39, 0.29) is 29.2 Å². The topological polar surface area (TPSA) is 132 Å². The molecule has 2 aromatic rings. The molecule has 4 rings (SSSR count). The van der Waals surface area contributed by atoms with Crippen LogP contribution < -0.4 is 21.1 Å². The Morgan fingerprint density at radius 1 is 1.20 bits per heavy atom. The van der Waals surface area contributed by atoms with Crippen LogP contribution in [0.4, 0.5) is 15.9 Å². The fourth-order valence-corrected chi connectivity index (χ4v) is 6.76. The summed E-state index contributed by atoms with van der Waals surface area (Å²) in [6, 6.07) is 12.3. The molecule has 214 valence electrons. The third-order valence-corrected chi connectivity index (χ3v) is 9.56. The van der Waals surface area contributed by atoms with Gasteiger partial charge >= 0.3 is 0 Å². The molecule has 11 heteroatoms. The van der Waals surface area contributed by atoms with E-state index in [0.717, 1.165) is 54.4 Å². The maximum absolute atomic E-state index is 13.5. The number of carbonyl (C=O) groups is 1. The molecule has 1 saturated carbocycles. The van der Waals surface area contributed by atoms with Crippen LogP contribution in [-0.2, 0) is 14.6 Å². The van der Waals surface area contributed by atoms with E-state index in [2.05, 4.69) is 21.3 Å². The van der Waals surface area contributed by atoms with Gasteiger partial charge in [0.1, 0.15) is 17.7 Å². The third-order valence-electron chi connectivity index (χ3n) is 7.95. The second kappa shape index (κ2) is 12.8. The van der Waals surface area contributed by atoms with Gasteiger partial charge < -0.3 is 10.2 Å². The maximum atomic E-state index is 13.5. The highest BCUT2D eigenvalue weighted by molar-refractivity contribution is 7.91. The molecule has 1 amide bonds. The number of anilines is 2. The molecule has 2 heterocycles. The van der Waals surface area contributed by atoms with Gasteiger partial charge in [0.25, 0.3) is 0 Å². The van der Waals surface area contributed by atoms with Crippen molar-refractivity contribution in [3.8, 4) is 6.07 Å². The van der Waals surface area contributed by atoms with Crippen LogP contribution in [0.3, 0.4) is 0 Å². The van der Waals surface area contributed by atoms with Crippen LogP contribution in [0.2, 0.25) is 0 Å². The summed E-state index contributed by atoms with van der Waals surface area (Å²) >= 11 is 0. The van der Waals surface area contributed by atoms with Gasteiger partial charge in [-0.25, -0.2) is 23.6 Å². The number of pyridine rings is 1. The number of hydrazine groups is 1. The Morgan fingerprint density at radius 2 is 1.88 bits per heavy atom. The highest BCUT2D eigenvalue weighted by atomic mass is 32.2. The second-order valence-electron chi connectivity index (χ2n) is 10.7. The van der Waals surface area contributed by atoms with Crippen molar-refractivity contribution in [2.45, 2.75) is 52.0 Å². The zero-order valence-electron chi connectivity index (χ0n) is 23.0. The van der Waals surface area contributed by atoms with Gasteiger partial charge in [0.2, 0.25) is 5.91 Å². The summed E-state index contributed by atoms with van der Waals surface area (Å²) in [6.45, 7) is 4.47. The highest BCUT2D eigenvalue weighted by Gasteiger charge is 2.33. The van der Waals surface area contributed by atoms with Crippen molar-refractivity contribution in [1.29, 1.82) is 5.26 Å². The fourth-order valence-electron chi connectivity index (χ4n) is 5.56. The number of sulfone groups is 1. The Bertz CT molecular complexity index is 1360. The third kappa shape index (κ3) is 7.17. The predicted molar refractivity (Wildman–Crippen MR) is 154 cm³/mol. The molecule has 0 bridgehead atoms. The van der Waals surface area contributed by atoms with Gasteiger partial charge in [-0.2, -0.15) is 5.26 Å². The molecule has 1 aromatic heterocycles. The molecule has 9 nitrogen and oxygen atoms in total. The van der Waals surface area contributed by atoms with Crippen molar-refractivity contribution in [2.24, 2.45) is 17.7 Å². The molecule has 3 atom stereocenters. The van der Waals surface area contributed by atoms with Crippen molar-refractivity contribution in [1.82, 2.24) is 10.3 Å². The SMILES string of the molecule is CC(=C(CC1CCCCC1C(=O)NC(C)C#N)c1ccc(N2CCS(=O)(=O)CC2)cc1)N(N)c1ccc(F)cn1. The van der Waals surface area contributed by atoms with Crippen LogP contribution in [-0.4, -0.2) is 49.9 Å². The monoisotopic (exact) mass is 568 g/mol. The second-order valence-corrected chi connectivity index (χ2v) is 13.0. The average molecular weight is 569 g/mol. The molecule has 1 aromatic carbocycles. The molecule has 3 unspecified atom stereocenters. The smallest absolute Gasteiger partial charge is 0.224 e. The largest absolute Gasteiger partial charge is 0.369 e. The number of carbonyl (C=O) groups excluding carboxylic acids is 1. The molecular formula is C29H37FN6O3S. The lowest BCUT2D eigenvalue weighted by Gasteiger charge is -2.33. The van der Waals surface area contributed by atoms with E-state index in [1.165, 1.54) is 17.1 Å². The Kier molecular flexibility index (Phi) is 9.43. The molecule has 0 spiro atoms. The van der Waals surface area contributed by atoms with Gasteiger partial charge in [0.15, 0.2) is 9.84 Å². The number of nitrogens with zero attached hydrogens (tertiary/aromatic N) is 4. The van der Waals surface area contributed by atoms with Crippen molar-refractivity contribution in [2.75, 3.05) is 34.5 Å². The van der Waals surface area contributed by atoms with Gasteiger partial charge in [-0.05, 0) is 74.4 Å². The fraction of sp³-hybridized carbons (Fsp3) is 0.483. The minimum absolute atomic E-state index is 0.0474. The Labute approximate surface area is 235 Å². The number of amides is 1. The summed E-state index contributed by atoms with van der Waals surface area (Å²) in [4.78, 5) is 19.3. The quantitative estimate of drug-likeness (QED) is 0.363. The van der Waals surface area contributed by atoms with Gasteiger partial charge in [-0.1, -0.05) is 25.0 Å². The van der Waals surface area contributed by atoms with Gasteiger partial charge in [0, 0.05) is 30.4 Å². The first-order valence-corrected chi connectivity index (χ1v) is 15.5. The van der Waals surface area contributed by atoms with E-state index in [0.29, 0.717) is 25.3 Å². The predicted octanol–water partition coefficient (Wildman–Crippen LogP) is 3.79. The number of nitriles is 1. The van der Waals surface area contributed by atoms with E-state index >= 15 is 0 Å². The first-order chi connectivity index (χ1) is 19.1. The number of halogens is 1. The molecule has 1 saturated heterocycles. The summed E-state index contributed by atoms with van der Waals surface area (Å²) in [5, 5.41) is 13.5. The summed E-state index contributed by atoms with van der Waals surface area (Å²) in [5.41, 5.74) is 3.55. The van der Waals surface area contributed by atoms with E-state index in [9.17, 15) is 22.9 Å². The number of aromatic nitrogens is 1. The highest BCUT2D eigenvalue weighted by Crippen LogP contribution is 2.39. The van der Waals surface area contributed by atoms with Crippen molar-refractivity contribution < 1.29 is 17.6 Å². The number of hydrogen-bond acceptors (Lipinski definition) is 8. The average Bonchev–Trinajstić information content (AvgIpc) is 2.96. The number of allylic oxidation sites excluding steroid dienone is 2. The van der Waals surface area contributed by atoms with Gasteiger partial charge in [-0.15, -0.1) is 0 Å². The lowest BCUT2D eigenvalue weighted by atomic mass is 9.74. The normalized spacial score (nSPS) is 22.0. The lowest BCUT2D eigenvalue weighted by molar-refractivity contribution is -0.128. The number of benzene rings is 1. The van der Waals surface area contributed by atoms with Crippen LogP contribution in [0, 0.1) is 29.0 Å². The van der Waals surface area contributed by atoms with E-state index in [1.54, 1.807) is 6.92 Å². The van der Waals surface area contributed by atoms with Crippen molar-refractivity contribution in [3.05, 3.63) is 59.7 Å². The van der Waals surface area contributed by atoms with Crippen LogP contribution in [0.5, 0.6) is 0 Å². The number of nitrogens with two attached hydrogens (primary N) is 1. The Balaban J connectivity index is 1.65. The molecule has 2 aliphatic rings. The Morgan fingerprint density at radius 3 is 2.50 bits per heavy atom. The van der Waals surface area contributed by atoms with Crippen molar-refractivity contribution in [3.63, 3.8) is 0 Å². The lowest BCUT2D eigenvalue weighted by Crippen LogP contribution is -2.41. The zero-order valence-corrected chi connectivity index (χ0v) is 23.8. The van der Waals surface area contributed by atoms with Crippen LogP contribution in [0.1, 0.15) is 51.5 Å². The summed E-state index contributed by atoms with van der Waals surface area (Å²) in [6.07, 6.45) is 5.29. The van der Waals surface area contributed by atoms with Crippen LogP contribution >= 0.6 is 0 Å². The van der Waals surface area contributed by atoms with Crippen LogP contribution in [0.15, 0.2) is 48.3 Å². The number of hydrogen-bond donors (Lipinski definition) is 2. The summed E-state index contributed by atoms with van der Waals surface area (Å²) in [7, 11) is -2.98. The van der Waals surface area contributed by atoms with Crippen molar-refractivity contribution >= 4 is 32.8 Å². The minimum atomic E-state index is -2.98. The Hall–Kier alpha value is -3.49. The molecule has 1 aliphatic heterocycles. The zero-order chi connectivity index (χ0) is 28.9. The molecule has 1 aliphatic carbocycles. The molecule has 2 fully saturated rings. The molecule has 3 N–H and O–H groups in total. The first kappa shape index (κ1) is 29.5. The van der Waals surface area contributed by atoms with E-state index in [4.69, 9.17) is 5.84 Å².